The van der Waals surface area contributed by atoms with Gasteiger partial charge in [-0.05, 0) is 56.7 Å². The van der Waals surface area contributed by atoms with Crippen molar-refractivity contribution in [3.63, 3.8) is 0 Å². The molecule has 0 bridgehead atoms. The van der Waals surface area contributed by atoms with E-state index in [1.54, 1.807) is 39.0 Å². The number of amides is 1. The van der Waals surface area contributed by atoms with Gasteiger partial charge in [0.15, 0.2) is 5.76 Å². The zero-order valence-electron chi connectivity index (χ0n) is 15.9. The lowest BCUT2D eigenvalue weighted by atomic mass is 10.1. The Bertz CT molecular complexity index is 894. The fourth-order valence-electron chi connectivity index (χ4n) is 2.20. The van der Waals surface area contributed by atoms with Gasteiger partial charge in [-0.15, -0.1) is 0 Å². The Morgan fingerprint density at radius 1 is 1.04 bits per heavy atom. The fraction of sp³-hybridized carbons (Fsp3) is 0.182. The highest BCUT2D eigenvalue weighted by Crippen LogP contribution is 2.21. The van der Waals surface area contributed by atoms with E-state index < -0.39 is 28.9 Å². The van der Waals surface area contributed by atoms with Gasteiger partial charge in [-0.1, -0.05) is 41.9 Å². The summed E-state index contributed by atoms with van der Waals surface area (Å²) in [6.45, 7) is 5.33. The first-order chi connectivity index (χ1) is 13.2. The van der Waals surface area contributed by atoms with Crippen molar-refractivity contribution in [3.05, 3.63) is 82.6 Å². The molecule has 146 valence electrons. The van der Waals surface area contributed by atoms with Gasteiger partial charge in [0.05, 0.1) is 0 Å². The molecule has 0 atom stereocenters. The van der Waals surface area contributed by atoms with Crippen molar-refractivity contribution in [2.75, 3.05) is 0 Å². The molecule has 0 unspecified atom stereocenters. The number of rotatable bonds is 5. The van der Waals surface area contributed by atoms with E-state index in [0.717, 1.165) is 5.56 Å². The molecular weight excluding hydrogens is 378 g/mol. The van der Waals surface area contributed by atoms with Gasteiger partial charge in [0.1, 0.15) is 0 Å². The minimum Gasteiger partial charge on any atom is -0.504 e. The molecule has 1 amide bonds. The number of halogens is 1. The number of nitrogens with one attached hydrogen (secondary N) is 1. The van der Waals surface area contributed by atoms with Gasteiger partial charge < -0.3 is 15.2 Å². The van der Waals surface area contributed by atoms with Crippen LogP contribution in [0, 0.1) is 0 Å². The quantitative estimate of drug-likeness (QED) is 0.432. The monoisotopic (exact) mass is 399 g/mol. The molecule has 0 heterocycles. The first-order valence-corrected chi connectivity index (χ1v) is 9.00. The largest absolute Gasteiger partial charge is 0.504 e. The van der Waals surface area contributed by atoms with Crippen LogP contribution in [0.25, 0.3) is 11.8 Å². The average Bonchev–Trinajstić information content (AvgIpc) is 2.64. The molecule has 2 N–H and O–H groups in total. The van der Waals surface area contributed by atoms with Crippen LogP contribution < -0.4 is 5.32 Å². The summed E-state index contributed by atoms with van der Waals surface area (Å²) >= 11 is 5.86. The maximum Gasteiger partial charge on any atom is 0.336 e. The molecule has 0 saturated heterocycles. The molecule has 2 aromatic rings. The maximum absolute atomic E-state index is 12.6. The molecular formula is C22H22ClNO4. The van der Waals surface area contributed by atoms with Crippen LogP contribution in [0.15, 0.2) is 66.4 Å². The Morgan fingerprint density at radius 2 is 1.64 bits per heavy atom. The summed E-state index contributed by atoms with van der Waals surface area (Å²) in [6.07, 6.45) is 2.75. The number of carbonyl (C=O) groups excluding carboxylic acids is 2. The number of carbonyl (C=O) groups is 2. The van der Waals surface area contributed by atoms with Crippen LogP contribution in [0.5, 0.6) is 0 Å². The van der Waals surface area contributed by atoms with E-state index in [2.05, 4.69) is 5.32 Å². The molecule has 2 aromatic carbocycles. The van der Waals surface area contributed by atoms with Crippen molar-refractivity contribution in [3.8, 4) is 0 Å². The molecule has 28 heavy (non-hydrogen) atoms. The lowest BCUT2D eigenvalue weighted by Gasteiger charge is -2.21. The topological polar surface area (TPSA) is 75.6 Å². The summed E-state index contributed by atoms with van der Waals surface area (Å²) < 4.78 is 5.19. The van der Waals surface area contributed by atoms with Crippen molar-refractivity contribution in [2.24, 2.45) is 0 Å². The summed E-state index contributed by atoms with van der Waals surface area (Å²) in [5, 5.41) is 13.7. The standard InChI is InChI=1S/C22H22ClNO4/c1-22(2,3)24-21(27)20(19(26)16-10-12-17(23)13-11-16)28-18(25)14-9-15-7-5-4-6-8-15/h4-14,26H,1-3H3,(H,24,27)/b14-9?,20-19-. The third kappa shape index (κ3) is 6.59. The normalized spacial score (nSPS) is 12.4. The second-order valence-corrected chi connectivity index (χ2v) is 7.49. The molecule has 5 nitrogen and oxygen atoms in total. The molecule has 6 heteroatoms. The number of aliphatic hydroxyl groups excluding tert-OH is 1. The van der Waals surface area contributed by atoms with Crippen LogP contribution in [0.1, 0.15) is 31.9 Å². The predicted molar refractivity (Wildman–Crippen MR) is 110 cm³/mol. The van der Waals surface area contributed by atoms with Crippen LogP contribution >= 0.6 is 11.6 Å². The Kier molecular flexibility index (Phi) is 7.01. The minimum absolute atomic E-state index is 0.295. The highest BCUT2D eigenvalue weighted by molar-refractivity contribution is 6.30. The molecule has 2 rings (SSSR count). The molecule has 0 spiro atoms. The van der Waals surface area contributed by atoms with Gasteiger partial charge in [0.2, 0.25) is 5.76 Å². The van der Waals surface area contributed by atoms with E-state index in [1.165, 1.54) is 18.2 Å². The summed E-state index contributed by atoms with van der Waals surface area (Å²) in [6, 6.07) is 15.3. The maximum atomic E-state index is 12.6. The van der Waals surface area contributed by atoms with Gasteiger partial charge in [-0.25, -0.2) is 4.79 Å². The van der Waals surface area contributed by atoms with E-state index in [1.807, 2.05) is 30.3 Å². The van der Waals surface area contributed by atoms with Crippen molar-refractivity contribution < 1.29 is 19.4 Å². The number of esters is 1. The highest BCUT2D eigenvalue weighted by atomic mass is 35.5. The van der Waals surface area contributed by atoms with Crippen LogP contribution in [-0.4, -0.2) is 22.5 Å². The Balaban J connectivity index is 2.31. The highest BCUT2D eigenvalue weighted by Gasteiger charge is 2.25. The van der Waals surface area contributed by atoms with Gasteiger partial charge in [0.25, 0.3) is 5.91 Å². The van der Waals surface area contributed by atoms with Crippen molar-refractivity contribution >= 4 is 35.3 Å². The summed E-state index contributed by atoms with van der Waals surface area (Å²) in [5.41, 5.74) is 0.504. The second kappa shape index (κ2) is 9.24. The van der Waals surface area contributed by atoms with Crippen LogP contribution in [-0.2, 0) is 14.3 Å². The number of benzene rings is 2. The van der Waals surface area contributed by atoms with Gasteiger partial charge in [-0.2, -0.15) is 0 Å². The molecule has 0 aliphatic heterocycles. The Hall–Kier alpha value is -3.05. The molecule has 0 aliphatic carbocycles. The van der Waals surface area contributed by atoms with Gasteiger partial charge >= 0.3 is 5.97 Å². The third-order valence-corrected chi connectivity index (χ3v) is 3.69. The van der Waals surface area contributed by atoms with E-state index in [-0.39, 0.29) is 0 Å². The number of hydrogen-bond acceptors (Lipinski definition) is 4. The van der Waals surface area contributed by atoms with Crippen molar-refractivity contribution in [1.29, 1.82) is 0 Å². The van der Waals surface area contributed by atoms with Crippen LogP contribution in [0.2, 0.25) is 5.02 Å². The zero-order valence-corrected chi connectivity index (χ0v) is 16.7. The van der Waals surface area contributed by atoms with Crippen LogP contribution in [0.3, 0.4) is 0 Å². The number of hydrogen-bond donors (Lipinski definition) is 2. The third-order valence-electron chi connectivity index (χ3n) is 3.44. The van der Waals surface area contributed by atoms with E-state index >= 15 is 0 Å². The predicted octanol–water partition coefficient (Wildman–Crippen LogP) is 4.74. The second-order valence-electron chi connectivity index (χ2n) is 7.05. The van der Waals surface area contributed by atoms with E-state index in [0.29, 0.717) is 10.6 Å². The average molecular weight is 400 g/mol. The molecule has 0 saturated carbocycles. The lowest BCUT2D eigenvalue weighted by molar-refractivity contribution is -0.138. The first-order valence-electron chi connectivity index (χ1n) is 8.62. The number of aliphatic hydroxyl groups is 1. The lowest BCUT2D eigenvalue weighted by Crippen LogP contribution is -2.42. The molecule has 0 aromatic heterocycles. The van der Waals surface area contributed by atoms with E-state index in [9.17, 15) is 14.7 Å². The molecule has 0 radical (unpaired) electrons. The number of ether oxygens (including phenoxy) is 1. The fourth-order valence-corrected chi connectivity index (χ4v) is 2.33. The van der Waals surface area contributed by atoms with Crippen molar-refractivity contribution in [1.82, 2.24) is 5.32 Å². The van der Waals surface area contributed by atoms with Crippen LogP contribution in [0.4, 0.5) is 0 Å². The van der Waals surface area contributed by atoms with E-state index in [4.69, 9.17) is 16.3 Å². The first kappa shape index (κ1) is 21.3. The molecule has 0 aliphatic rings. The minimum atomic E-state index is -0.788. The summed E-state index contributed by atoms with van der Waals surface area (Å²) in [4.78, 5) is 24.8. The van der Waals surface area contributed by atoms with Crippen molar-refractivity contribution in [2.45, 2.75) is 26.3 Å². The Labute approximate surface area is 169 Å². The molecule has 0 fully saturated rings. The smallest absolute Gasteiger partial charge is 0.336 e. The van der Waals surface area contributed by atoms with Gasteiger partial charge in [-0.3, -0.25) is 4.79 Å². The summed E-state index contributed by atoms with van der Waals surface area (Å²) in [7, 11) is 0. The zero-order chi connectivity index (χ0) is 20.7. The SMILES string of the molecule is CC(C)(C)NC(=O)/C(OC(=O)C=Cc1ccccc1)=C(/O)c1ccc(Cl)cc1. The Morgan fingerprint density at radius 3 is 2.21 bits per heavy atom. The summed E-state index contributed by atoms with van der Waals surface area (Å²) in [5.74, 6) is -2.44. The van der Waals surface area contributed by atoms with Gasteiger partial charge in [0, 0.05) is 22.2 Å².